The van der Waals surface area contributed by atoms with E-state index in [4.69, 9.17) is 10.5 Å². The number of H-pyrrole nitrogens is 1. The molecule has 3 amide bonds. The van der Waals surface area contributed by atoms with Gasteiger partial charge in [0, 0.05) is 12.4 Å². The first kappa shape index (κ1) is 15.9. The highest BCUT2D eigenvalue weighted by Gasteiger charge is 2.21. The number of nitrogens with two attached hydrogens (primary N) is 1. The second-order valence-electron chi connectivity index (χ2n) is 5.83. The third kappa shape index (κ3) is 3.68. The molecule has 0 aliphatic heterocycles. The molecule has 0 saturated heterocycles. The van der Waals surface area contributed by atoms with Gasteiger partial charge in [-0.2, -0.15) is 0 Å². The number of primary amides is 1. The van der Waals surface area contributed by atoms with Crippen molar-refractivity contribution in [2.75, 3.05) is 17.2 Å². The Bertz CT molecular complexity index is 723. The van der Waals surface area contributed by atoms with E-state index in [1.54, 1.807) is 36.7 Å². The van der Waals surface area contributed by atoms with Crippen LogP contribution in [0.5, 0.6) is 5.75 Å². The Morgan fingerprint density at radius 1 is 1.21 bits per heavy atom. The van der Waals surface area contributed by atoms with Gasteiger partial charge in [-0.1, -0.05) is 12.5 Å². The van der Waals surface area contributed by atoms with E-state index in [1.165, 1.54) is 6.42 Å². The summed E-state index contributed by atoms with van der Waals surface area (Å²) in [6, 6.07) is 6.13. The van der Waals surface area contributed by atoms with Crippen molar-refractivity contribution in [1.82, 2.24) is 4.98 Å². The molecular formula is C17H20N4O3. The largest absolute Gasteiger partial charge is 0.489 e. The summed E-state index contributed by atoms with van der Waals surface area (Å²) in [7, 11) is 0. The summed E-state index contributed by atoms with van der Waals surface area (Å²) in [4.78, 5) is 26.3. The Morgan fingerprint density at radius 2 is 1.96 bits per heavy atom. The van der Waals surface area contributed by atoms with Crippen LogP contribution in [0.3, 0.4) is 0 Å². The number of carbonyl (C=O) groups is 2. The van der Waals surface area contributed by atoms with Gasteiger partial charge >= 0.3 is 6.03 Å². The molecule has 7 heteroatoms. The molecule has 0 bridgehead atoms. The molecule has 1 aromatic carbocycles. The minimum Gasteiger partial charge on any atom is -0.489 e. The minimum absolute atomic E-state index is 0.263. The van der Waals surface area contributed by atoms with Crippen LogP contribution in [0.25, 0.3) is 0 Å². The highest BCUT2D eigenvalue weighted by atomic mass is 16.5. The lowest BCUT2D eigenvalue weighted by Crippen LogP contribution is -2.23. The summed E-state index contributed by atoms with van der Waals surface area (Å²) in [5.74, 6) is 0.674. The fourth-order valence-electron chi connectivity index (χ4n) is 2.54. The van der Waals surface area contributed by atoms with Gasteiger partial charge in [-0.3, -0.25) is 4.79 Å². The normalized spacial score (nSPS) is 13.8. The van der Waals surface area contributed by atoms with Gasteiger partial charge in [-0.05, 0) is 37.0 Å². The molecule has 1 aliphatic rings. The number of amides is 3. The van der Waals surface area contributed by atoms with Crippen LogP contribution in [0.4, 0.5) is 16.2 Å². The van der Waals surface area contributed by atoms with Crippen molar-refractivity contribution in [3.8, 4) is 5.75 Å². The highest BCUT2D eigenvalue weighted by molar-refractivity contribution is 6.05. The Kier molecular flexibility index (Phi) is 4.69. The Morgan fingerprint density at radius 3 is 2.54 bits per heavy atom. The van der Waals surface area contributed by atoms with Crippen molar-refractivity contribution in [3.63, 3.8) is 0 Å². The molecule has 5 N–H and O–H groups in total. The van der Waals surface area contributed by atoms with Crippen LogP contribution in [-0.4, -0.2) is 23.5 Å². The van der Waals surface area contributed by atoms with Gasteiger partial charge in [0.05, 0.1) is 23.5 Å². The number of nitrogens with one attached hydrogen (secondary N) is 3. The lowest BCUT2D eigenvalue weighted by Gasteiger charge is -2.26. The maximum absolute atomic E-state index is 12.3. The zero-order valence-corrected chi connectivity index (χ0v) is 13.2. The molecule has 1 aliphatic carbocycles. The van der Waals surface area contributed by atoms with E-state index in [-0.39, 0.29) is 5.91 Å². The van der Waals surface area contributed by atoms with E-state index in [0.717, 1.165) is 12.8 Å². The first-order valence-corrected chi connectivity index (χ1v) is 7.90. The fraction of sp³-hybridized carbons (Fsp3) is 0.294. The lowest BCUT2D eigenvalue weighted by atomic mass is 9.86. The number of aromatic amines is 1. The second-order valence-corrected chi connectivity index (χ2v) is 5.83. The summed E-state index contributed by atoms with van der Waals surface area (Å²) in [5.41, 5.74) is 6.66. The SMILES string of the molecule is NC(=O)Nc1cccc(NC(=O)c2cc[nH]c2)c1OCC1CCC1. The summed E-state index contributed by atoms with van der Waals surface area (Å²) in [5, 5.41) is 5.35. The Labute approximate surface area is 139 Å². The number of anilines is 2. The zero-order chi connectivity index (χ0) is 16.9. The molecule has 2 aromatic rings. The number of hydrogen-bond acceptors (Lipinski definition) is 3. The van der Waals surface area contributed by atoms with Gasteiger partial charge in [0.2, 0.25) is 0 Å². The van der Waals surface area contributed by atoms with E-state index in [0.29, 0.717) is 35.2 Å². The standard InChI is InChI=1S/C17H20N4O3/c18-17(23)21-14-6-2-5-13(15(14)24-10-11-3-1-4-11)20-16(22)12-7-8-19-9-12/h2,5-9,11,19H,1,3-4,10H2,(H,20,22)(H3,18,21,23). The monoisotopic (exact) mass is 328 g/mol. The van der Waals surface area contributed by atoms with Crippen molar-refractivity contribution < 1.29 is 14.3 Å². The number of aromatic nitrogens is 1. The first-order valence-electron chi connectivity index (χ1n) is 7.90. The fourth-order valence-corrected chi connectivity index (χ4v) is 2.54. The molecule has 3 rings (SSSR count). The molecule has 7 nitrogen and oxygen atoms in total. The summed E-state index contributed by atoms with van der Waals surface area (Å²) in [6.45, 7) is 0.546. The van der Waals surface area contributed by atoms with E-state index in [9.17, 15) is 9.59 Å². The number of ether oxygens (including phenoxy) is 1. The number of urea groups is 1. The van der Waals surface area contributed by atoms with Crippen molar-refractivity contribution in [2.45, 2.75) is 19.3 Å². The molecule has 0 spiro atoms. The maximum Gasteiger partial charge on any atom is 0.316 e. The topological polar surface area (TPSA) is 109 Å². The Balaban J connectivity index is 1.82. The van der Waals surface area contributed by atoms with Gasteiger partial charge in [0.1, 0.15) is 0 Å². The zero-order valence-electron chi connectivity index (χ0n) is 13.2. The minimum atomic E-state index is -0.683. The van der Waals surface area contributed by atoms with Gasteiger partial charge in [-0.25, -0.2) is 4.79 Å². The number of rotatable bonds is 6. The smallest absolute Gasteiger partial charge is 0.316 e. The molecule has 0 unspecified atom stereocenters. The second kappa shape index (κ2) is 7.08. The van der Waals surface area contributed by atoms with Crippen molar-refractivity contribution >= 4 is 23.3 Å². The molecule has 126 valence electrons. The van der Waals surface area contributed by atoms with Crippen LogP contribution < -0.4 is 21.1 Å². The van der Waals surface area contributed by atoms with Gasteiger partial charge in [0.15, 0.2) is 5.75 Å². The third-order valence-corrected chi connectivity index (χ3v) is 4.07. The number of benzene rings is 1. The van der Waals surface area contributed by atoms with E-state index < -0.39 is 6.03 Å². The number of para-hydroxylation sites is 1. The lowest BCUT2D eigenvalue weighted by molar-refractivity contribution is 0.102. The third-order valence-electron chi connectivity index (χ3n) is 4.07. The summed E-state index contributed by atoms with van der Waals surface area (Å²) in [6.07, 6.45) is 6.77. The number of carbonyl (C=O) groups excluding carboxylic acids is 2. The molecule has 1 saturated carbocycles. The van der Waals surface area contributed by atoms with Crippen LogP contribution in [0.1, 0.15) is 29.6 Å². The predicted molar refractivity (Wildman–Crippen MR) is 91.2 cm³/mol. The van der Waals surface area contributed by atoms with Gasteiger partial charge < -0.3 is 26.1 Å². The van der Waals surface area contributed by atoms with Gasteiger partial charge in [-0.15, -0.1) is 0 Å². The first-order chi connectivity index (χ1) is 11.6. The van der Waals surface area contributed by atoms with Crippen LogP contribution in [0, 0.1) is 5.92 Å². The predicted octanol–water partition coefficient (Wildman–Crippen LogP) is 2.94. The Hall–Kier alpha value is -2.96. The molecular weight excluding hydrogens is 308 g/mol. The summed E-state index contributed by atoms with van der Waals surface area (Å²) >= 11 is 0. The highest BCUT2D eigenvalue weighted by Crippen LogP contribution is 2.36. The average Bonchev–Trinajstić information content (AvgIpc) is 3.01. The average molecular weight is 328 g/mol. The van der Waals surface area contributed by atoms with Crippen LogP contribution in [0.2, 0.25) is 0 Å². The van der Waals surface area contributed by atoms with Gasteiger partial charge in [0.25, 0.3) is 5.91 Å². The quantitative estimate of drug-likeness (QED) is 0.654. The molecule has 0 atom stereocenters. The van der Waals surface area contributed by atoms with E-state index in [2.05, 4.69) is 15.6 Å². The van der Waals surface area contributed by atoms with E-state index in [1.807, 2.05) is 0 Å². The van der Waals surface area contributed by atoms with Crippen molar-refractivity contribution in [2.24, 2.45) is 11.7 Å². The maximum atomic E-state index is 12.3. The number of hydrogen-bond donors (Lipinski definition) is 4. The van der Waals surface area contributed by atoms with Crippen molar-refractivity contribution in [3.05, 3.63) is 42.2 Å². The van der Waals surface area contributed by atoms with Crippen LogP contribution in [0.15, 0.2) is 36.7 Å². The van der Waals surface area contributed by atoms with E-state index >= 15 is 0 Å². The summed E-state index contributed by atoms with van der Waals surface area (Å²) < 4.78 is 5.90. The van der Waals surface area contributed by atoms with Crippen LogP contribution in [-0.2, 0) is 0 Å². The van der Waals surface area contributed by atoms with Crippen LogP contribution >= 0.6 is 0 Å². The molecule has 1 aromatic heterocycles. The molecule has 24 heavy (non-hydrogen) atoms. The molecule has 0 radical (unpaired) electrons. The molecule has 1 heterocycles. The molecule has 1 fully saturated rings. The van der Waals surface area contributed by atoms with Crippen molar-refractivity contribution in [1.29, 1.82) is 0 Å².